The summed E-state index contributed by atoms with van der Waals surface area (Å²) in [6.07, 6.45) is 0. The molecule has 0 N–H and O–H groups in total. The molecule has 1 nitrogen and oxygen atoms in total. The Hall–Kier alpha value is -0.820. The van der Waals surface area contributed by atoms with Crippen molar-refractivity contribution in [3.63, 3.8) is 0 Å². The van der Waals surface area contributed by atoms with Crippen molar-refractivity contribution >= 4 is 0 Å². The molecule has 0 unspecified atom stereocenters. The van der Waals surface area contributed by atoms with Crippen molar-refractivity contribution in [2.24, 2.45) is 0 Å². The first-order chi connectivity index (χ1) is 8.24. The Balaban J connectivity index is 0. The summed E-state index contributed by atoms with van der Waals surface area (Å²) in [5.74, 6) is 0.612. The molecule has 0 aromatic heterocycles. The molecule has 1 aromatic rings. The highest BCUT2D eigenvalue weighted by Crippen LogP contribution is 2.14. The molecular weight excluding hydrogens is 208 g/mol. The van der Waals surface area contributed by atoms with Gasteiger partial charge in [-0.3, -0.25) is 0 Å². The first-order valence-electron chi connectivity index (χ1n) is 6.90. The van der Waals surface area contributed by atoms with Crippen molar-refractivity contribution < 1.29 is 4.74 Å². The number of benzene rings is 1. The van der Waals surface area contributed by atoms with E-state index in [1.54, 1.807) is 0 Å². The Morgan fingerprint density at radius 2 is 1.41 bits per heavy atom. The Kier molecular flexibility index (Phi) is 14.4. The molecule has 0 aliphatic carbocycles. The third-order valence-corrected chi connectivity index (χ3v) is 2.12. The third-order valence-electron chi connectivity index (χ3n) is 2.12. The van der Waals surface area contributed by atoms with E-state index in [-0.39, 0.29) is 0 Å². The van der Waals surface area contributed by atoms with E-state index < -0.39 is 0 Å². The summed E-state index contributed by atoms with van der Waals surface area (Å²) in [5, 5.41) is 0. The van der Waals surface area contributed by atoms with Crippen LogP contribution in [-0.2, 0) is 11.3 Å². The van der Waals surface area contributed by atoms with Crippen molar-refractivity contribution in [3.05, 3.63) is 35.4 Å². The van der Waals surface area contributed by atoms with Gasteiger partial charge in [-0.15, -0.1) is 0 Å². The standard InChI is InChI=1S/C12H18O.2C2H6/c1-4-13-9-11-5-7-12(8-6-11)10(2)3;2*1-2/h5-8,10H,4,9H2,1-3H3;2*1-2H3. The molecule has 0 aliphatic rings. The molecule has 1 rings (SSSR count). The SMILES string of the molecule is CC.CC.CCOCc1ccc(C(C)C)cc1. The van der Waals surface area contributed by atoms with Gasteiger partial charge >= 0.3 is 0 Å². The van der Waals surface area contributed by atoms with Crippen LogP contribution in [0.5, 0.6) is 0 Å². The number of hydrogen-bond donors (Lipinski definition) is 0. The topological polar surface area (TPSA) is 9.23 Å². The molecule has 0 atom stereocenters. The summed E-state index contributed by atoms with van der Waals surface area (Å²) in [6, 6.07) is 8.65. The molecule has 0 spiro atoms. The Labute approximate surface area is 108 Å². The third kappa shape index (κ3) is 8.93. The van der Waals surface area contributed by atoms with Gasteiger partial charge in [0.05, 0.1) is 6.61 Å². The molecule has 0 heterocycles. The van der Waals surface area contributed by atoms with Gasteiger partial charge in [-0.05, 0) is 24.0 Å². The van der Waals surface area contributed by atoms with Gasteiger partial charge in [0, 0.05) is 6.61 Å². The molecule has 1 heteroatoms. The van der Waals surface area contributed by atoms with Crippen LogP contribution in [0.3, 0.4) is 0 Å². The average Bonchev–Trinajstić information content (AvgIpc) is 2.41. The monoisotopic (exact) mass is 238 g/mol. The number of ether oxygens (including phenoxy) is 1. The minimum atomic E-state index is 0.612. The van der Waals surface area contributed by atoms with Crippen LogP contribution in [0, 0.1) is 0 Å². The van der Waals surface area contributed by atoms with E-state index in [0.29, 0.717) is 5.92 Å². The quantitative estimate of drug-likeness (QED) is 0.682. The zero-order chi connectivity index (χ0) is 13.7. The molecule has 1 aromatic carbocycles. The van der Waals surface area contributed by atoms with Crippen LogP contribution < -0.4 is 0 Å². The van der Waals surface area contributed by atoms with Crippen molar-refractivity contribution in [3.8, 4) is 0 Å². The summed E-state index contributed by atoms with van der Waals surface area (Å²) < 4.78 is 5.32. The molecule has 0 amide bonds. The molecule has 0 aliphatic heterocycles. The van der Waals surface area contributed by atoms with Gasteiger partial charge in [-0.25, -0.2) is 0 Å². The van der Waals surface area contributed by atoms with Crippen LogP contribution in [0.4, 0.5) is 0 Å². The van der Waals surface area contributed by atoms with Gasteiger partial charge in [0.1, 0.15) is 0 Å². The molecule has 0 saturated heterocycles. The van der Waals surface area contributed by atoms with Gasteiger partial charge in [0.15, 0.2) is 0 Å². The van der Waals surface area contributed by atoms with Crippen LogP contribution in [0.1, 0.15) is 65.5 Å². The highest BCUT2D eigenvalue weighted by atomic mass is 16.5. The molecule has 17 heavy (non-hydrogen) atoms. The van der Waals surface area contributed by atoms with Crippen molar-refractivity contribution in [1.82, 2.24) is 0 Å². The van der Waals surface area contributed by atoms with Crippen molar-refractivity contribution in [2.75, 3.05) is 6.61 Å². The van der Waals surface area contributed by atoms with Gasteiger partial charge in [0.2, 0.25) is 0 Å². The number of hydrogen-bond acceptors (Lipinski definition) is 1. The van der Waals surface area contributed by atoms with E-state index in [1.807, 2.05) is 34.6 Å². The average molecular weight is 238 g/mol. The van der Waals surface area contributed by atoms with Crippen LogP contribution in [0.2, 0.25) is 0 Å². The molecule has 0 bridgehead atoms. The van der Waals surface area contributed by atoms with Crippen LogP contribution in [0.25, 0.3) is 0 Å². The lowest BCUT2D eigenvalue weighted by Gasteiger charge is -2.06. The van der Waals surface area contributed by atoms with Gasteiger partial charge < -0.3 is 4.74 Å². The molecule has 0 fully saturated rings. The predicted molar refractivity (Wildman–Crippen MR) is 78.6 cm³/mol. The second-order valence-corrected chi connectivity index (χ2v) is 3.53. The molecule has 100 valence electrons. The van der Waals surface area contributed by atoms with Crippen molar-refractivity contribution in [1.29, 1.82) is 0 Å². The highest BCUT2D eigenvalue weighted by Gasteiger charge is 1.98. The van der Waals surface area contributed by atoms with Crippen LogP contribution in [-0.4, -0.2) is 6.61 Å². The second-order valence-electron chi connectivity index (χ2n) is 3.53. The van der Waals surface area contributed by atoms with Crippen molar-refractivity contribution in [2.45, 2.75) is 61.0 Å². The maximum atomic E-state index is 5.32. The lowest BCUT2D eigenvalue weighted by molar-refractivity contribution is 0.134. The summed E-state index contributed by atoms with van der Waals surface area (Å²) in [5.41, 5.74) is 2.64. The summed E-state index contributed by atoms with van der Waals surface area (Å²) in [6.45, 7) is 15.9. The largest absolute Gasteiger partial charge is 0.377 e. The first-order valence-corrected chi connectivity index (χ1v) is 6.90. The molecular formula is C16H30O. The summed E-state index contributed by atoms with van der Waals surface area (Å²) in [7, 11) is 0. The summed E-state index contributed by atoms with van der Waals surface area (Å²) >= 11 is 0. The number of rotatable bonds is 4. The van der Waals surface area contributed by atoms with E-state index >= 15 is 0 Å². The van der Waals surface area contributed by atoms with E-state index in [9.17, 15) is 0 Å². The van der Waals surface area contributed by atoms with E-state index in [0.717, 1.165) is 13.2 Å². The Morgan fingerprint density at radius 3 is 1.76 bits per heavy atom. The lowest BCUT2D eigenvalue weighted by Crippen LogP contribution is -1.93. The van der Waals surface area contributed by atoms with Crippen LogP contribution in [0.15, 0.2) is 24.3 Å². The van der Waals surface area contributed by atoms with Crippen LogP contribution >= 0.6 is 0 Å². The maximum absolute atomic E-state index is 5.32. The molecule has 0 radical (unpaired) electrons. The minimum Gasteiger partial charge on any atom is -0.377 e. The van der Waals surface area contributed by atoms with E-state index in [2.05, 4.69) is 38.1 Å². The normalized spacial score (nSPS) is 8.94. The maximum Gasteiger partial charge on any atom is 0.0716 e. The predicted octanol–water partition coefficient (Wildman–Crippen LogP) is 5.40. The second kappa shape index (κ2) is 13.2. The zero-order valence-corrected chi connectivity index (χ0v) is 12.7. The highest BCUT2D eigenvalue weighted by molar-refractivity contribution is 5.24. The fraction of sp³-hybridized carbons (Fsp3) is 0.625. The van der Waals surface area contributed by atoms with Gasteiger partial charge in [-0.2, -0.15) is 0 Å². The van der Waals surface area contributed by atoms with E-state index in [4.69, 9.17) is 4.74 Å². The fourth-order valence-electron chi connectivity index (χ4n) is 1.22. The Bertz CT molecular complexity index is 236. The molecule has 0 saturated carbocycles. The minimum absolute atomic E-state index is 0.612. The fourth-order valence-corrected chi connectivity index (χ4v) is 1.22. The van der Waals surface area contributed by atoms with E-state index in [1.165, 1.54) is 11.1 Å². The smallest absolute Gasteiger partial charge is 0.0716 e. The lowest BCUT2D eigenvalue weighted by atomic mass is 10.0. The Morgan fingerprint density at radius 1 is 0.941 bits per heavy atom. The van der Waals surface area contributed by atoms with Gasteiger partial charge in [-0.1, -0.05) is 65.8 Å². The zero-order valence-electron chi connectivity index (χ0n) is 12.7. The summed E-state index contributed by atoms with van der Waals surface area (Å²) in [4.78, 5) is 0. The first kappa shape index (κ1) is 18.5. The van der Waals surface area contributed by atoms with Gasteiger partial charge in [0.25, 0.3) is 0 Å².